The SMILES string of the molecule is CC/C=C\C/C=C\C/C=C\C/C=C\CCCCCCCCC(=O)OCC(COC(=O)CCCCCCCCCCC/C=C\C/C=C\C/C=C\CC)OC(=O)CCCCCCCC/C=C\C/C=C\C/C=C\C/C=C\CC. The van der Waals surface area contributed by atoms with Crippen molar-refractivity contribution >= 4 is 17.9 Å². The molecule has 0 aliphatic rings. The summed E-state index contributed by atoms with van der Waals surface area (Å²) in [5, 5.41) is 0. The van der Waals surface area contributed by atoms with Crippen LogP contribution >= 0.6 is 0 Å². The number of esters is 3. The second-order valence-corrected chi connectivity index (χ2v) is 19.8. The normalized spacial score (nSPS) is 13.1. The first kappa shape index (κ1) is 70.5. The molecule has 75 heavy (non-hydrogen) atoms. The molecular weight excluding hydrogens is 925 g/mol. The van der Waals surface area contributed by atoms with Crippen molar-refractivity contribution in [1.82, 2.24) is 0 Å². The van der Waals surface area contributed by atoms with Gasteiger partial charge in [0.25, 0.3) is 0 Å². The molecule has 0 saturated heterocycles. The highest BCUT2D eigenvalue weighted by atomic mass is 16.6. The molecule has 0 N–H and O–H groups in total. The minimum atomic E-state index is -0.801. The second kappa shape index (κ2) is 62.1. The van der Waals surface area contributed by atoms with Crippen LogP contribution in [0.4, 0.5) is 0 Å². The number of ether oxygens (including phenoxy) is 3. The first-order valence-corrected chi connectivity index (χ1v) is 30.7. The number of rotatable bonds is 54. The molecule has 6 nitrogen and oxygen atoms in total. The van der Waals surface area contributed by atoms with Gasteiger partial charge >= 0.3 is 17.9 Å². The van der Waals surface area contributed by atoms with Gasteiger partial charge in [0.1, 0.15) is 13.2 Å². The average Bonchev–Trinajstić information content (AvgIpc) is 3.41. The molecule has 0 spiro atoms. The van der Waals surface area contributed by atoms with E-state index in [-0.39, 0.29) is 31.1 Å². The lowest BCUT2D eigenvalue weighted by molar-refractivity contribution is -0.167. The van der Waals surface area contributed by atoms with Crippen molar-refractivity contribution in [2.24, 2.45) is 0 Å². The van der Waals surface area contributed by atoms with Crippen molar-refractivity contribution in [2.45, 2.75) is 271 Å². The molecule has 0 fully saturated rings. The Balaban J connectivity index is 4.47. The van der Waals surface area contributed by atoms with Crippen molar-refractivity contribution in [3.8, 4) is 0 Å². The van der Waals surface area contributed by atoms with E-state index in [2.05, 4.69) is 154 Å². The predicted octanol–water partition coefficient (Wildman–Crippen LogP) is 21.0. The summed E-state index contributed by atoms with van der Waals surface area (Å²) in [6.45, 7) is 6.28. The highest BCUT2D eigenvalue weighted by Crippen LogP contribution is 2.15. The molecule has 1 unspecified atom stereocenters. The maximum Gasteiger partial charge on any atom is 0.306 e. The molecule has 0 amide bonds. The lowest BCUT2D eigenvalue weighted by Gasteiger charge is -2.18. The van der Waals surface area contributed by atoms with Crippen LogP contribution in [0.3, 0.4) is 0 Å². The molecule has 0 saturated carbocycles. The lowest BCUT2D eigenvalue weighted by Crippen LogP contribution is -2.30. The summed E-state index contributed by atoms with van der Waals surface area (Å²) in [4.78, 5) is 38.3. The first-order chi connectivity index (χ1) is 37.0. The van der Waals surface area contributed by atoms with Crippen molar-refractivity contribution in [3.63, 3.8) is 0 Å². The van der Waals surface area contributed by atoms with Crippen LogP contribution in [0.5, 0.6) is 0 Å². The van der Waals surface area contributed by atoms with Crippen LogP contribution in [0.1, 0.15) is 265 Å². The Bertz CT molecular complexity index is 1620. The summed E-state index contributed by atoms with van der Waals surface area (Å²) < 4.78 is 16.9. The summed E-state index contributed by atoms with van der Waals surface area (Å²) in [7, 11) is 0. The Morgan fingerprint density at radius 3 is 0.747 bits per heavy atom. The summed E-state index contributed by atoms with van der Waals surface area (Å²) >= 11 is 0. The van der Waals surface area contributed by atoms with Gasteiger partial charge in [-0.15, -0.1) is 0 Å². The summed E-state index contributed by atoms with van der Waals surface area (Å²) in [6, 6.07) is 0. The average molecular weight is 1040 g/mol. The van der Waals surface area contributed by atoms with Gasteiger partial charge in [-0.05, 0) is 128 Å². The topological polar surface area (TPSA) is 78.9 Å². The van der Waals surface area contributed by atoms with Gasteiger partial charge in [0.2, 0.25) is 0 Å². The van der Waals surface area contributed by atoms with Crippen LogP contribution in [0.25, 0.3) is 0 Å². The van der Waals surface area contributed by atoms with E-state index in [0.29, 0.717) is 19.3 Å². The van der Waals surface area contributed by atoms with E-state index < -0.39 is 6.10 Å². The smallest absolute Gasteiger partial charge is 0.306 e. The third-order valence-corrected chi connectivity index (χ3v) is 12.6. The Hall–Kier alpha value is -4.45. The Kier molecular flexibility index (Phi) is 58.4. The molecule has 0 heterocycles. The van der Waals surface area contributed by atoms with Gasteiger partial charge in [0, 0.05) is 19.3 Å². The maximum absolute atomic E-state index is 12.9. The van der Waals surface area contributed by atoms with Crippen molar-refractivity contribution < 1.29 is 28.6 Å². The zero-order chi connectivity index (χ0) is 54.3. The summed E-state index contributed by atoms with van der Waals surface area (Å²) in [5.41, 5.74) is 0. The van der Waals surface area contributed by atoms with Crippen LogP contribution in [0.2, 0.25) is 0 Å². The molecule has 424 valence electrons. The highest BCUT2D eigenvalue weighted by molar-refractivity contribution is 5.71. The van der Waals surface area contributed by atoms with E-state index in [4.69, 9.17) is 14.2 Å². The second-order valence-electron chi connectivity index (χ2n) is 19.8. The Labute approximate surface area is 462 Å². The van der Waals surface area contributed by atoms with E-state index in [0.717, 1.165) is 154 Å². The molecular formula is C69H112O6. The largest absolute Gasteiger partial charge is 0.462 e. The fourth-order valence-electron chi connectivity index (χ4n) is 8.15. The van der Waals surface area contributed by atoms with Crippen molar-refractivity contribution in [2.75, 3.05) is 13.2 Å². The molecule has 6 heteroatoms. The molecule has 0 bridgehead atoms. The van der Waals surface area contributed by atoms with E-state index >= 15 is 0 Å². The van der Waals surface area contributed by atoms with E-state index in [1.807, 2.05) is 0 Å². The molecule has 0 aliphatic heterocycles. The van der Waals surface area contributed by atoms with Gasteiger partial charge in [-0.2, -0.15) is 0 Å². The third kappa shape index (κ3) is 60.3. The van der Waals surface area contributed by atoms with Crippen LogP contribution in [-0.2, 0) is 28.6 Å². The third-order valence-electron chi connectivity index (χ3n) is 12.6. The van der Waals surface area contributed by atoms with Crippen LogP contribution in [0, 0.1) is 0 Å². The zero-order valence-electron chi connectivity index (χ0n) is 48.5. The van der Waals surface area contributed by atoms with Crippen LogP contribution < -0.4 is 0 Å². The zero-order valence-corrected chi connectivity index (χ0v) is 48.5. The minimum absolute atomic E-state index is 0.0954. The van der Waals surface area contributed by atoms with Gasteiger partial charge in [0.15, 0.2) is 6.10 Å². The Morgan fingerprint density at radius 2 is 0.480 bits per heavy atom. The number of allylic oxidation sites excluding steroid dienone is 22. The quantitative estimate of drug-likeness (QED) is 0.0261. The van der Waals surface area contributed by atoms with Crippen LogP contribution in [-0.4, -0.2) is 37.2 Å². The fourth-order valence-corrected chi connectivity index (χ4v) is 8.15. The molecule has 0 rings (SSSR count). The lowest BCUT2D eigenvalue weighted by atomic mass is 10.1. The van der Waals surface area contributed by atoms with Crippen molar-refractivity contribution in [3.05, 3.63) is 134 Å². The predicted molar refractivity (Wildman–Crippen MR) is 325 cm³/mol. The van der Waals surface area contributed by atoms with E-state index in [1.54, 1.807) is 0 Å². The van der Waals surface area contributed by atoms with Gasteiger partial charge in [-0.1, -0.05) is 251 Å². The number of hydrogen-bond donors (Lipinski definition) is 0. The standard InChI is InChI=1S/C69H112O6/c1-4-7-10-13-16-19-22-25-28-31-34-37-40-43-46-49-52-55-58-61-67(70)73-64-66(75-69(72)63-60-57-54-51-48-45-42-39-36-33-30-27-24-21-18-15-12-9-6-3)65-74-68(71)62-59-56-53-50-47-44-41-38-35-32-29-26-23-20-17-14-11-8-5-2/h7-12,16-21,25-30,34,36-37,39,66H,4-6,13-15,22-24,31-33,35,38,40-65H2,1-3H3/b10-7-,11-8-,12-9-,19-16-,20-17-,21-18-,28-25-,29-26-,30-27-,37-34-,39-36-. The van der Waals surface area contributed by atoms with E-state index in [9.17, 15) is 14.4 Å². The van der Waals surface area contributed by atoms with Gasteiger partial charge in [0.05, 0.1) is 0 Å². The molecule has 0 aromatic carbocycles. The van der Waals surface area contributed by atoms with Gasteiger partial charge in [-0.25, -0.2) is 0 Å². The van der Waals surface area contributed by atoms with Crippen LogP contribution in [0.15, 0.2) is 134 Å². The minimum Gasteiger partial charge on any atom is -0.462 e. The number of carbonyl (C=O) groups excluding carboxylic acids is 3. The number of unbranched alkanes of at least 4 members (excludes halogenated alkanes) is 21. The highest BCUT2D eigenvalue weighted by Gasteiger charge is 2.19. The molecule has 1 atom stereocenters. The number of carbonyl (C=O) groups is 3. The maximum atomic E-state index is 12.9. The molecule has 0 aromatic heterocycles. The first-order valence-electron chi connectivity index (χ1n) is 30.7. The molecule has 0 aromatic rings. The fraction of sp³-hybridized carbons (Fsp3) is 0.638. The molecule has 0 aliphatic carbocycles. The van der Waals surface area contributed by atoms with Gasteiger partial charge < -0.3 is 14.2 Å². The summed E-state index contributed by atoms with van der Waals surface area (Å²) in [6.07, 6.45) is 87.2. The molecule has 0 radical (unpaired) electrons. The van der Waals surface area contributed by atoms with E-state index in [1.165, 1.54) is 70.6 Å². The number of hydrogen-bond acceptors (Lipinski definition) is 6. The Morgan fingerprint density at radius 1 is 0.267 bits per heavy atom. The van der Waals surface area contributed by atoms with Gasteiger partial charge in [-0.3, -0.25) is 14.4 Å². The van der Waals surface area contributed by atoms with Crippen molar-refractivity contribution in [1.29, 1.82) is 0 Å². The summed E-state index contributed by atoms with van der Waals surface area (Å²) in [5.74, 6) is -0.928. The monoisotopic (exact) mass is 1040 g/mol.